The Morgan fingerprint density at radius 1 is 1.17 bits per heavy atom. The Labute approximate surface area is 265 Å². The number of methoxy groups -OCH3 is 1. The van der Waals surface area contributed by atoms with Gasteiger partial charge in [-0.2, -0.15) is 0 Å². The number of halogens is 1. The van der Waals surface area contributed by atoms with Gasteiger partial charge in [-0.3, -0.25) is 29.9 Å². The van der Waals surface area contributed by atoms with Crippen LogP contribution in [0.3, 0.4) is 0 Å². The molecule has 7 N–H and O–H groups in total. The molecular formula is C21H28BFN10O10P2S-. The third-order valence-corrected chi connectivity index (χ3v) is 10.6. The summed E-state index contributed by atoms with van der Waals surface area (Å²) < 4.78 is 71.0. The third-order valence-electron chi connectivity index (χ3n) is 8.02. The van der Waals surface area contributed by atoms with Crippen molar-refractivity contribution in [2.24, 2.45) is 10.7 Å². The molecule has 0 spiro atoms. The number of nitrogens with one attached hydrogen (secondary N) is 2. The molecule has 2 aromatic heterocycles. The first-order valence-electron chi connectivity index (χ1n) is 13.8. The van der Waals surface area contributed by atoms with Gasteiger partial charge in [0.1, 0.15) is 54.8 Å². The topological polar surface area (TPSA) is 254 Å². The van der Waals surface area contributed by atoms with Gasteiger partial charge >= 0.3 is 6.72 Å². The number of ether oxygens (including phenoxy) is 3. The Hall–Kier alpha value is -2.24. The number of aromatic nitrogens is 4. The highest BCUT2D eigenvalue weighted by Crippen LogP contribution is 2.53. The van der Waals surface area contributed by atoms with Gasteiger partial charge in [-0.25, -0.2) is 19.3 Å². The van der Waals surface area contributed by atoms with Crippen molar-refractivity contribution in [1.29, 1.82) is 0 Å². The molecule has 7 rings (SSSR count). The fourth-order valence-corrected chi connectivity index (χ4v) is 8.40. The van der Waals surface area contributed by atoms with Crippen molar-refractivity contribution in [2.75, 3.05) is 26.1 Å². The van der Waals surface area contributed by atoms with Gasteiger partial charge < -0.3 is 60.8 Å². The molecule has 20 nitrogen and oxygen atoms in total. The summed E-state index contributed by atoms with van der Waals surface area (Å²) in [5, 5.41) is 5.53. The number of fused-ring (bicyclic) bond motifs is 5. The first-order chi connectivity index (χ1) is 21.9. The Kier molecular flexibility index (Phi) is 8.45. The number of amides is 1. The number of hydrogen-bond acceptors (Lipinski definition) is 18. The van der Waals surface area contributed by atoms with Crippen LogP contribution < -0.4 is 22.1 Å². The maximum atomic E-state index is 16.1. The number of nitrogens with two attached hydrogens (primary N) is 2. The number of nitrogens with zero attached hydrogens (tertiary/aromatic N) is 6. The quantitative estimate of drug-likeness (QED) is 0.166. The van der Waals surface area contributed by atoms with Gasteiger partial charge in [0.2, 0.25) is 0 Å². The van der Waals surface area contributed by atoms with E-state index >= 15 is 4.39 Å². The van der Waals surface area contributed by atoms with Crippen LogP contribution in [0.2, 0.25) is 0 Å². The summed E-state index contributed by atoms with van der Waals surface area (Å²) in [5.41, 5.74) is 12.1. The molecule has 4 saturated heterocycles. The van der Waals surface area contributed by atoms with Crippen LogP contribution in [0.15, 0.2) is 17.6 Å². The van der Waals surface area contributed by atoms with E-state index in [2.05, 4.69) is 30.6 Å². The Morgan fingerprint density at radius 2 is 1.93 bits per heavy atom. The zero-order chi connectivity index (χ0) is 32.5. The molecule has 0 saturated carbocycles. The number of carbonyl (C=O) groups excluding carboxylic acids is 1. The monoisotopic (exact) mass is 704 g/mol. The lowest BCUT2D eigenvalue weighted by atomic mass is 10.1. The molecular weight excluding hydrogens is 676 g/mol. The van der Waals surface area contributed by atoms with E-state index in [1.54, 1.807) is 0 Å². The lowest BCUT2D eigenvalue weighted by Crippen LogP contribution is -2.70. The minimum Gasteiger partial charge on any atom is -0.444 e. The fraction of sp³-hybridized carbons (Fsp3) is 0.667. The van der Waals surface area contributed by atoms with Gasteiger partial charge in [-0.15, -0.1) is 0 Å². The summed E-state index contributed by atoms with van der Waals surface area (Å²) in [7, 11) is 2.75. The van der Waals surface area contributed by atoms with Crippen molar-refractivity contribution in [3.05, 3.63) is 12.7 Å². The maximum absolute atomic E-state index is 16.1. The molecule has 4 fully saturated rings. The number of rotatable bonds is 3. The normalized spacial score (nSPS) is 44.7. The van der Waals surface area contributed by atoms with Crippen LogP contribution in [0.5, 0.6) is 0 Å². The van der Waals surface area contributed by atoms with Gasteiger partial charge in [0.25, 0.3) is 5.91 Å². The molecule has 0 aromatic carbocycles. The summed E-state index contributed by atoms with van der Waals surface area (Å²) >= 11 is 5.33. The van der Waals surface area contributed by atoms with Crippen molar-refractivity contribution in [3.63, 3.8) is 0 Å². The first-order valence-corrected chi connectivity index (χ1v) is 18.0. The average molecular weight is 704 g/mol. The number of aliphatic imine (C=N–C) groups is 1. The fourth-order valence-electron chi connectivity index (χ4n) is 5.99. The zero-order valence-corrected chi connectivity index (χ0v) is 26.3. The van der Waals surface area contributed by atoms with E-state index < -0.39 is 101 Å². The summed E-state index contributed by atoms with van der Waals surface area (Å²) in [4.78, 5) is 41.6. The van der Waals surface area contributed by atoms with Crippen molar-refractivity contribution in [3.8, 4) is 0 Å². The van der Waals surface area contributed by atoms with Gasteiger partial charge in [-0.1, -0.05) is 0 Å². The standard InChI is InChI=1S/C21H28BFN10O10P2S/c1-37-13-8-2-38-44(22,35)42-12-7(40-19(9(12)23)32-5-28-10-15(24)26-4-27-16(10)32)3-39-45(36,46)43-14(13)20(41-8)33-6-29-11-17(33)30-21(25)31-18(11)34/h4-9,11-14,17,19-21,30H,2-3,25H2,1H3,(H,31,34)(H,36,46)(H2,24,26,27)/q-1/t7?,8?,9?,11?,12?,13?,14?,17?,19?,20?,21?,44-,45?/m0/s1. The summed E-state index contributed by atoms with van der Waals surface area (Å²) in [6.07, 6.45) is -8.69. The van der Waals surface area contributed by atoms with E-state index in [4.69, 9.17) is 63.1 Å². The largest absolute Gasteiger partial charge is 0.444 e. The number of hydrogen-bond donors (Lipinski definition) is 5. The van der Waals surface area contributed by atoms with Crippen molar-refractivity contribution < 1.29 is 50.9 Å². The van der Waals surface area contributed by atoms with E-state index in [1.807, 2.05) is 0 Å². The lowest BCUT2D eigenvalue weighted by Gasteiger charge is -2.39. The SMILES string of the molecule is [B-][P@]1(=O)OCC2OC(N3C=NC4C(=O)NC(N)NC43)C(OP(O)(=S)OCC3OC(n4cnc5c(N)ncnc54)C(F)C3O1)C2OC. The Balaban J connectivity index is 1.17. The molecule has 3 radical (unpaired) electrons. The molecule has 2 aromatic rings. The molecule has 46 heavy (non-hydrogen) atoms. The predicted molar refractivity (Wildman–Crippen MR) is 157 cm³/mol. The highest BCUT2D eigenvalue weighted by Gasteiger charge is 2.56. The molecule has 12 unspecified atom stereocenters. The molecule has 0 aliphatic carbocycles. The highest BCUT2D eigenvalue weighted by atomic mass is 32.5. The maximum Gasteiger partial charge on any atom is 0.325 e. The molecule has 25 heteroatoms. The van der Waals surface area contributed by atoms with E-state index in [-0.39, 0.29) is 17.0 Å². The lowest BCUT2D eigenvalue weighted by molar-refractivity contribution is -0.130. The molecule has 5 aliphatic rings. The van der Waals surface area contributed by atoms with Gasteiger partial charge in [0.15, 0.2) is 36.1 Å². The number of alkyl halides is 1. The van der Waals surface area contributed by atoms with E-state index in [0.29, 0.717) is 0 Å². The second-order valence-corrected chi connectivity index (χ2v) is 15.2. The second-order valence-electron chi connectivity index (χ2n) is 10.9. The van der Waals surface area contributed by atoms with Crippen LogP contribution in [0.1, 0.15) is 6.23 Å². The van der Waals surface area contributed by atoms with E-state index in [9.17, 15) is 14.3 Å². The summed E-state index contributed by atoms with van der Waals surface area (Å²) in [6, 6.07) is -0.884. The zero-order valence-electron chi connectivity index (χ0n) is 23.7. The minimum atomic E-state index is -4.53. The molecule has 1 amide bonds. The highest BCUT2D eigenvalue weighted by molar-refractivity contribution is 8.07. The predicted octanol–water partition coefficient (Wildman–Crippen LogP) is -2.31. The van der Waals surface area contributed by atoms with Crippen LogP contribution >= 0.6 is 14.2 Å². The van der Waals surface area contributed by atoms with Gasteiger partial charge in [-0.05, 0) is 11.8 Å². The Bertz CT molecular complexity index is 1650. The number of imidazole rings is 1. The summed E-state index contributed by atoms with van der Waals surface area (Å²) in [6.45, 7) is -5.28. The first kappa shape index (κ1) is 32.3. The minimum absolute atomic E-state index is 0.0582. The van der Waals surface area contributed by atoms with Crippen LogP contribution in [0.4, 0.5) is 10.2 Å². The van der Waals surface area contributed by atoms with Gasteiger partial charge in [0, 0.05) is 7.11 Å². The second kappa shape index (κ2) is 12.0. The molecule has 249 valence electrons. The number of anilines is 1. The van der Waals surface area contributed by atoms with Crippen LogP contribution in [-0.2, 0) is 53.5 Å². The molecule has 2 bridgehead atoms. The van der Waals surface area contributed by atoms with Gasteiger partial charge in [0.05, 0.1) is 33.4 Å². The summed E-state index contributed by atoms with van der Waals surface area (Å²) in [5.74, 6) is -0.370. The van der Waals surface area contributed by atoms with E-state index in [0.717, 1.165) is 0 Å². The van der Waals surface area contributed by atoms with Crippen molar-refractivity contribution >= 4 is 62.8 Å². The van der Waals surface area contributed by atoms with Crippen LogP contribution in [-0.4, -0.2) is 131 Å². The van der Waals surface area contributed by atoms with E-state index in [1.165, 1.54) is 35.6 Å². The molecule has 5 aliphatic heterocycles. The average Bonchev–Trinajstić information content (AvgIpc) is 3.75. The third kappa shape index (κ3) is 5.76. The smallest absolute Gasteiger partial charge is 0.325 e. The molecule has 7 heterocycles. The van der Waals surface area contributed by atoms with Crippen molar-refractivity contribution in [2.45, 2.75) is 67.6 Å². The van der Waals surface area contributed by atoms with Crippen LogP contribution in [0.25, 0.3) is 11.2 Å². The van der Waals surface area contributed by atoms with Crippen molar-refractivity contribution in [1.82, 2.24) is 35.1 Å². The Morgan fingerprint density at radius 3 is 2.72 bits per heavy atom. The number of carbonyl (C=O) groups is 1. The van der Waals surface area contributed by atoms with Crippen LogP contribution in [0, 0.1) is 0 Å². The number of nitrogen functional groups attached to an aromatic ring is 1. The molecule has 13 atom stereocenters.